The summed E-state index contributed by atoms with van der Waals surface area (Å²) in [6, 6.07) is 7.00. The molecule has 1 aliphatic heterocycles. The lowest BCUT2D eigenvalue weighted by molar-refractivity contribution is -0.132. The third-order valence-corrected chi connectivity index (χ3v) is 5.49. The fraction of sp³-hybridized carbons (Fsp3) is 0.550. The van der Waals surface area contributed by atoms with Gasteiger partial charge in [-0.25, -0.2) is 4.79 Å². The van der Waals surface area contributed by atoms with Gasteiger partial charge in [0.25, 0.3) is 5.91 Å². The number of carbonyl (C=O) groups excluding carboxylic acids is 3. The first-order valence-corrected chi connectivity index (χ1v) is 9.21. The van der Waals surface area contributed by atoms with Gasteiger partial charge in [-0.05, 0) is 43.6 Å². The monoisotopic (exact) mass is 342 g/mol. The van der Waals surface area contributed by atoms with Crippen LogP contribution in [0.3, 0.4) is 0 Å². The van der Waals surface area contributed by atoms with Crippen LogP contribution in [-0.2, 0) is 11.2 Å². The van der Waals surface area contributed by atoms with Gasteiger partial charge in [-0.15, -0.1) is 0 Å². The van der Waals surface area contributed by atoms with Crippen LogP contribution in [-0.4, -0.2) is 34.7 Å². The number of rotatable bonds is 5. The van der Waals surface area contributed by atoms with Crippen LogP contribution in [0.5, 0.6) is 0 Å². The molecule has 5 heteroatoms. The summed E-state index contributed by atoms with van der Waals surface area (Å²) >= 11 is 0. The van der Waals surface area contributed by atoms with E-state index in [1.54, 1.807) is 12.1 Å². The number of aryl methyl sites for hydroxylation is 1. The molecular weight excluding hydrogens is 316 g/mol. The van der Waals surface area contributed by atoms with E-state index in [4.69, 9.17) is 0 Å². The van der Waals surface area contributed by atoms with Crippen molar-refractivity contribution in [2.45, 2.75) is 57.9 Å². The summed E-state index contributed by atoms with van der Waals surface area (Å²) in [4.78, 5) is 38.7. The number of imide groups is 1. The van der Waals surface area contributed by atoms with Crippen molar-refractivity contribution in [2.24, 2.45) is 5.92 Å². The molecular formula is C20H26N2O3. The smallest absolute Gasteiger partial charge is 0.323 e. The molecule has 2 aliphatic rings. The zero-order chi connectivity index (χ0) is 18.0. The van der Waals surface area contributed by atoms with Crippen molar-refractivity contribution in [1.29, 1.82) is 0 Å². The topological polar surface area (TPSA) is 66.5 Å². The summed E-state index contributed by atoms with van der Waals surface area (Å²) in [5.74, 6) is 0.140. The highest BCUT2D eigenvalue weighted by Crippen LogP contribution is 2.36. The predicted octanol–water partition coefficient (Wildman–Crippen LogP) is 3.32. The van der Waals surface area contributed by atoms with E-state index in [2.05, 4.69) is 19.2 Å². The lowest BCUT2D eigenvalue weighted by atomic mass is 9.77. The number of carbonyl (C=O) groups is 3. The highest BCUT2D eigenvalue weighted by atomic mass is 16.2. The molecule has 0 unspecified atom stereocenters. The van der Waals surface area contributed by atoms with Crippen molar-refractivity contribution >= 4 is 17.7 Å². The lowest BCUT2D eigenvalue weighted by Gasteiger charge is -2.33. The zero-order valence-electron chi connectivity index (χ0n) is 15.0. The second-order valence-electron chi connectivity index (χ2n) is 7.46. The maximum atomic E-state index is 12.8. The van der Waals surface area contributed by atoms with Crippen LogP contribution < -0.4 is 5.32 Å². The van der Waals surface area contributed by atoms with Crippen molar-refractivity contribution in [3.05, 3.63) is 35.4 Å². The first-order valence-electron chi connectivity index (χ1n) is 9.21. The van der Waals surface area contributed by atoms with Gasteiger partial charge in [0.2, 0.25) is 0 Å². The highest BCUT2D eigenvalue weighted by molar-refractivity contribution is 6.11. The Morgan fingerprint density at radius 1 is 1.20 bits per heavy atom. The van der Waals surface area contributed by atoms with E-state index in [9.17, 15) is 14.4 Å². The van der Waals surface area contributed by atoms with Gasteiger partial charge < -0.3 is 5.32 Å². The summed E-state index contributed by atoms with van der Waals surface area (Å²) in [7, 11) is 0. The van der Waals surface area contributed by atoms with Crippen LogP contribution in [0.1, 0.15) is 61.9 Å². The molecule has 25 heavy (non-hydrogen) atoms. The Bertz CT molecular complexity index is 673. The number of ketones is 1. The standard InChI is InChI=1S/C20H26N2O3/c1-3-4-15-5-7-16(8-6-15)17(23)13-22-18(24)20(21-19(22)25)11-9-14(2)10-12-20/h5-8,14H,3-4,9-13H2,1-2H3,(H,21,25). The summed E-state index contributed by atoms with van der Waals surface area (Å²) in [6.07, 6.45) is 5.20. The fourth-order valence-corrected chi connectivity index (χ4v) is 3.79. The molecule has 1 aliphatic carbocycles. The second kappa shape index (κ2) is 6.98. The average molecular weight is 342 g/mol. The van der Waals surface area contributed by atoms with E-state index in [0.717, 1.165) is 30.6 Å². The first-order chi connectivity index (χ1) is 11.9. The van der Waals surface area contributed by atoms with E-state index in [1.165, 1.54) is 5.56 Å². The Balaban J connectivity index is 1.68. The molecule has 3 amide bonds. The fourth-order valence-electron chi connectivity index (χ4n) is 3.79. The van der Waals surface area contributed by atoms with Gasteiger partial charge in [0, 0.05) is 5.56 Å². The molecule has 134 valence electrons. The number of hydrogen-bond acceptors (Lipinski definition) is 3. The minimum Gasteiger partial charge on any atom is -0.323 e. The van der Waals surface area contributed by atoms with E-state index < -0.39 is 11.6 Å². The lowest BCUT2D eigenvalue weighted by Crippen LogP contribution is -2.49. The second-order valence-corrected chi connectivity index (χ2v) is 7.46. The molecule has 5 nitrogen and oxygen atoms in total. The summed E-state index contributed by atoms with van der Waals surface area (Å²) in [5, 5.41) is 2.86. The molecule has 2 fully saturated rings. The highest BCUT2D eigenvalue weighted by Gasteiger charge is 2.52. The molecule has 1 spiro atoms. The Morgan fingerprint density at radius 2 is 1.84 bits per heavy atom. The van der Waals surface area contributed by atoms with Crippen LogP contribution in [0.2, 0.25) is 0 Å². The molecule has 3 rings (SSSR count). The van der Waals surface area contributed by atoms with Crippen molar-refractivity contribution < 1.29 is 14.4 Å². The Kier molecular flexibility index (Phi) is 4.93. The van der Waals surface area contributed by atoms with Crippen molar-refractivity contribution in [3.8, 4) is 0 Å². The summed E-state index contributed by atoms with van der Waals surface area (Å²) in [5.41, 5.74) is 0.942. The quantitative estimate of drug-likeness (QED) is 0.659. The van der Waals surface area contributed by atoms with Crippen molar-refractivity contribution in [2.75, 3.05) is 6.54 Å². The number of benzene rings is 1. The summed E-state index contributed by atoms with van der Waals surface area (Å²) < 4.78 is 0. The molecule has 1 saturated heterocycles. The maximum Gasteiger partial charge on any atom is 0.325 e. The molecule has 0 bridgehead atoms. The van der Waals surface area contributed by atoms with Crippen molar-refractivity contribution in [1.82, 2.24) is 10.2 Å². The Labute approximate surface area is 148 Å². The SMILES string of the molecule is CCCc1ccc(C(=O)CN2C(=O)NC3(CCC(C)CC3)C2=O)cc1. The van der Waals surface area contributed by atoms with Crippen LogP contribution >= 0.6 is 0 Å². The third kappa shape index (κ3) is 3.46. The molecule has 1 heterocycles. The summed E-state index contributed by atoms with van der Waals surface area (Å²) in [6.45, 7) is 4.09. The van der Waals surface area contributed by atoms with Crippen LogP contribution in [0.25, 0.3) is 0 Å². The molecule has 0 atom stereocenters. The van der Waals surface area contributed by atoms with E-state index >= 15 is 0 Å². The van der Waals surface area contributed by atoms with Crippen LogP contribution in [0, 0.1) is 5.92 Å². The molecule has 0 aromatic heterocycles. The largest absolute Gasteiger partial charge is 0.325 e. The number of Topliss-reactive ketones (excluding diaryl/α,β-unsaturated/α-hetero) is 1. The zero-order valence-corrected chi connectivity index (χ0v) is 15.0. The predicted molar refractivity (Wildman–Crippen MR) is 95.4 cm³/mol. The number of nitrogens with one attached hydrogen (secondary N) is 1. The van der Waals surface area contributed by atoms with Gasteiger partial charge in [0.05, 0.1) is 6.54 Å². The normalized spacial score (nSPS) is 26.2. The van der Waals surface area contributed by atoms with E-state index in [1.807, 2.05) is 12.1 Å². The molecule has 1 aromatic rings. The molecule has 1 N–H and O–H groups in total. The number of urea groups is 1. The minimum atomic E-state index is -0.783. The number of amides is 3. The van der Waals surface area contributed by atoms with Gasteiger partial charge in [0.15, 0.2) is 5.78 Å². The Morgan fingerprint density at radius 3 is 2.44 bits per heavy atom. The van der Waals surface area contributed by atoms with Crippen molar-refractivity contribution in [3.63, 3.8) is 0 Å². The maximum absolute atomic E-state index is 12.8. The van der Waals surface area contributed by atoms with E-state index in [-0.39, 0.29) is 18.2 Å². The minimum absolute atomic E-state index is 0.185. The molecule has 1 aromatic carbocycles. The van der Waals surface area contributed by atoms with Gasteiger partial charge >= 0.3 is 6.03 Å². The number of hydrogen-bond donors (Lipinski definition) is 1. The van der Waals surface area contributed by atoms with Crippen LogP contribution in [0.15, 0.2) is 24.3 Å². The number of nitrogens with zero attached hydrogens (tertiary/aromatic N) is 1. The van der Waals surface area contributed by atoms with Gasteiger partial charge in [-0.1, -0.05) is 44.5 Å². The van der Waals surface area contributed by atoms with Gasteiger partial charge in [-0.3, -0.25) is 14.5 Å². The molecule has 1 saturated carbocycles. The van der Waals surface area contributed by atoms with Gasteiger partial charge in [0.1, 0.15) is 5.54 Å². The van der Waals surface area contributed by atoms with Gasteiger partial charge in [-0.2, -0.15) is 0 Å². The molecule has 0 radical (unpaired) electrons. The first kappa shape index (κ1) is 17.6. The van der Waals surface area contributed by atoms with Crippen LogP contribution in [0.4, 0.5) is 4.79 Å². The Hall–Kier alpha value is -2.17. The third-order valence-electron chi connectivity index (χ3n) is 5.49. The van der Waals surface area contributed by atoms with E-state index in [0.29, 0.717) is 24.3 Å². The average Bonchev–Trinajstić information content (AvgIpc) is 2.83.